The average Bonchev–Trinajstić information content (AvgIpc) is 2.50. The highest BCUT2D eigenvalue weighted by atomic mass is 16.6. The molecule has 134 valence electrons. The van der Waals surface area contributed by atoms with Crippen molar-refractivity contribution in [2.24, 2.45) is 0 Å². The Morgan fingerprint density at radius 1 is 1.42 bits per heavy atom. The minimum Gasteiger partial charge on any atom is -0.506 e. The Morgan fingerprint density at radius 3 is 2.71 bits per heavy atom. The second-order valence-electron chi connectivity index (χ2n) is 6.94. The van der Waals surface area contributed by atoms with E-state index in [4.69, 9.17) is 9.47 Å². The number of ether oxygens (including phenoxy) is 2. The molecule has 0 aromatic carbocycles. The molecular weight excluding hydrogens is 310 g/mol. The molecule has 0 unspecified atom stereocenters. The van der Waals surface area contributed by atoms with Crippen LogP contribution in [0.5, 0.6) is 5.75 Å². The minimum absolute atomic E-state index is 0.122. The van der Waals surface area contributed by atoms with Crippen LogP contribution in [0.4, 0.5) is 4.79 Å². The van der Waals surface area contributed by atoms with Crippen LogP contribution in [0.2, 0.25) is 0 Å². The molecule has 0 radical (unpaired) electrons. The summed E-state index contributed by atoms with van der Waals surface area (Å²) in [4.78, 5) is 18.4. The van der Waals surface area contributed by atoms with Gasteiger partial charge in [0.05, 0.1) is 25.5 Å². The summed E-state index contributed by atoms with van der Waals surface area (Å²) in [5, 5.41) is 13.1. The van der Waals surface area contributed by atoms with Crippen molar-refractivity contribution in [3.8, 4) is 5.75 Å². The summed E-state index contributed by atoms with van der Waals surface area (Å²) >= 11 is 0. The molecule has 0 atom stereocenters. The fraction of sp³-hybridized carbons (Fsp3) is 0.647. The summed E-state index contributed by atoms with van der Waals surface area (Å²) in [5.74, 6) is 0.122. The van der Waals surface area contributed by atoms with Crippen LogP contribution in [0.3, 0.4) is 0 Å². The van der Waals surface area contributed by atoms with Crippen molar-refractivity contribution in [1.29, 1.82) is 0 Å². The van der Waals surface area contributed by atoms with Crippen LogP contribution in [0.1, 0.15) is 37.6 Å². The molecule has 2 rings (SSSR count). The van der Waals surface area contributed by atoms with Crippen molar-refractivity contribution in [3.63, 3.8) is 0 Å². The first-order valence-corrected chi connectivity index (χ1v) is 8.19. The highest BCUT2D eigenvalue weighted by Crippen LogP contribution is 2.25. The predicted molar refractivity (Wildman–Crippen MR) is 89.8 cm³/mol. The Hall–Kier alpha value is -1.86. The largest absolute Gasteiger partial charge is 0.506 e. The highest BCUT2D eigenvalue weighted by molar-refractivity contribution is 5.68. The summed E-state index contributed by atoms with van der Waals surface area (Å²) in [7, 11) is 0. The third kappa shape index (κ3) is 5.35. The second kappa shape index (κ2) is 7.81. The number of nitrogens with zero attached hydrogens (tertiary/aromatic N) is 2. The zero-order chi connectivity index (χ0) is 17.7. The molecular formula is C17H27N3O4. The van der Waals surface area contributed by atoms with Crippen LogP contribution in [0.25, 0.3) is 0 Å². The number of pyridine rings is 1. The van der Waals surface area contributed by atoms with Gasteiger partial charge in [-0.25, -0.2) is 4.79 Å². The van der Waals surface area contributed by atoms with E-state index in [0.29, 0.717) is 31.0 Å². The fourth-order valence-corrected chi connectivity index (χ4v) is 2.49. The average molecular weight is 337 g/mol. The number of carbonyl (C=O) groups excluding carboxylic acids is 1. The number of amides is 1. The number of hydrogen-bond donors (Lipinski definition) is 2. The number of morpholine rings is 1. The molecule has 1 fully saturated rings. The number of nitrogens with one attached hydrogen (secondary N) is 1. The molecule has 1 saturated heterocycles. The summed E-state index contributed by atoms with van der Waals surface area (Å²) in [6.45, 7) is 11.1. The van der Waals surface area contributed by atoms with Gasteiger partial charge in [-0.3, -0.25) is 9.88 Å². The van der Waals surface area contributed by atoms with Gasteiger partial charge in [-0.1, -0.05) is 0 Å². The minimum atomic E-state index is -0.559. The Kier molecular flexibility index (Phi) is 6.01. The van der Waals surface area contributed by atoms with Crippen molar-refractivity contribution in [1.82, 2.24) is 15.2 Å². The molecule has 0 aliphatic carbocycles. The van der Waals surface area contributed by atoms with Gasteiger partial charge in [0.2, 0.25) is 0 Å². The molecule has 2 N–H and O–H groups in total. The van der Waals surface area contributed by atoms with Crippen LogP contribution >= 0.6 is 0 Å². The zero-order valence-corrected chi connectivity index (χ0v) is 14.9. The molecule has 7 nitrogen and oxygen atoms in total. The molecule has 1 aromatic rings. The topological polar surface area (TPSA) is 83.9 Å². The van der Waals surface area contributed by atoms with Gasteiger partial charge in [-0.2, -0.15) is 0 Å². The van der Waals surface area contributed by atoms with E-state index in [-0.39, 0.29) is 12.3 Å². The summed E-state index contributed by atoms with van der Waals surface area (Å²) in [6.07, 6.45) is 1.25. The Morgan fingerprint density at radius 2 is 2.08 bits per heavy atom. The first-order valence-electron chi connectivity index (χ1n) is 8.19. The van der Waals surface area contributed by atoms with Crippen molar-refractivity contribution in [2.45, 2.75) is 46.4 Å². The maximum absolute atomic E-state index is 11.9. The SMILES string of the molecule is Cc1ncc(CN2CCOCC2)c(CNC(=O)OC(C)(C)C)c1O. The number of alkyl carbamates (subject to hydrolysis) is 1. The van der Waals surface area contributed by atoms with Crippen molar-refractivity contribution < 1.29 is 19.4 Å². The number of carbonyl (C=O) groups is 1. The molecule has 2 heterocycles. The van der Waals surface area contributed by atoms with E-state index in [9.17, 15) is 9.90 Å². The van der Waals surface area contributed by atoms with E-state index < -0.39 is 11.7 Å². The molecule has 1 aliphatic heterocycles. The van der Waals surface area contributed by atoms with E-state index >= 15 is 0 Å². The Bertz CT molecular complexity index is 578. The summed E-state index contributed by atoms with van der Waals surface area (Å²) in [5.41, 5.74) is 1.56. The Balaban J connectivity index is 2.08. The first kappa shape index (κ1) is 18.5. The molecule has 1 aliphatic rings. The summed E-state index contributed by atoms with van der Waals surface area (Å²) in [6, 6.07) is 0. The number of rotatable bonds is 4. The van der Waals surface area contributed by atoms with Gasteiger partial charge in [0, 0.05) is 31.4 Å². The maximum atomic E-state index is 11.9. The van der Waals surface area contributed by atoms with Gasteiger partial charge >= 0.3 is 6.09 Å². The number of aromatic hydroxyl groups is 1. The van der Waals surface area contributed by atoms with Crippen LogP contribution in [-0.2, 0) is 22.6 Å². The summed E-state index contributed by atoms with van der Waals surface area (Å²) < 4.78 is 10.6. The molecule has 0 spiro atoms. The molecule has 24 heavy (non-hydrogen) atoms. The van der Waals surface area contributed by atoms with E-state index in [1.807, 2.05) is 20.8 Å². The van der Waals surface area contributed by atoms with Crippen molar-refractivity contribution >= 4 is 6.09 Å². The molecule has 7 heteroatoms. The molecule has 0 bridgehead atoms. The lowest BCUT2D eigenvalue weighted by Gasteiger charge is -2.27. The first-order chi connectivity index (χ1) is 11.3. The second-order valence-corrected chi connectivity index (χ2v) is 6.94. The van der Waals surface area contributed by atoms with Crippen LogP contribution in [0, 0.1) is 6.92 Å². The fourth-order valence-electron chi connectivity index (χ4n) is 2.49. The lowest BCUT2D eigenvalue weighted by atomic mass is 10.1. The van der Waals surface area contributed by atoms with Crippen LogP contribution in [-0.4, -0.2) is 53.0 Å². The number of hydrogen-bond acceptors (Lipinski definition) is 6. The Labute approximate surface area is 143 Å². The van der Waals surface area contributed by atoms with Crippen molar-refractivity contribution in [2.75, 3.05) is 26.3 Å². The number of aryl methyl sites for hydroxylation is 1. The number of aromatic nitrogens is 1. The van der Waals surface area contributed by atoms with Crippen LogP contribution in [0.15, 0.2) is 6.20 Å². The van der Waals surface area contributed by atoms with E-state index in [0.717, 1.165) is 18.7 Å². The standard InChI is InChI=1S/C17H27N3O4/c1-12-15(21)14(10-19-16(22)24-17(2,3)4)13(9-18-12)11-20-5-7-23-8-6-20/h9,21H,5-8,10-11H2,1-4H3,(H,19,22). The predicted octanol–water partition coefficient (Wildman–Crippen LogP) is 1.95. The van der Waals surface area contributed by atoms with Crippen molar-refractivity contribution in [3.05, 3.63) is 23.0 Å². The quantitative estimate of drug-likeness (QED) is 0.874. The van der Waals surface area contributed by atoms with E-state index in [1.54, 1.807) is 13.1 Å². The molecule has 1 amide bonds. The van der Waals surface area contributed by atoms with Gasteiger partial charge in [-0.05, 0) is 33.3 Å². The van der Waals surface area contributed by atoms with Gasteiger partial charge in [-0.15, -0.1) is 0 Å². The lowest BCUT2D eigenvalue weighted by Crippen LogP contribution is -2.36. The normalized spacial score (nSPS) is 16.0. The van der Waals surface area contributed by atoms with Gasteiger partial charge in [0.25, 0.3) is 0 Å². The van der Waals surface area contributed by atoms with E-state index in [1.165, 1.54) is 0 Å². The lowest BCUT2D eigenvalue weighted by molar-refractivity contribution is 0.0339. The maximum Gasteiger partial charge on any atom is 0.407 e. The third-order valence-electron chi connectivity index (χ3n) is 3.74. The molecule has 1 aromatic heterocycles. The zero-order valence-electron chi connectivity index (χ0n) is 14.9. The molecule has 0 saturated carbocycles. The smallest absolute Gasteiger partial charge is 0.407 e. The highest BCUT2D eigenvalue weighted by Gasteiger charge is 2.19. The van der Waals surface area contributed by atoms with E-state index in [2.05, 4.69) is 15.2 Å². The van der Waals surface area contributed by atoms with Crippen LogP contribution < -0.4 is 5.32 Å². The monoisotopic (exact) mass is 337 g/mol. The van der Waals surface area contributed by atoms with Gasteiger partial charge < -0.3 is 19.9 Å². The van der Waals surface area contributed by atoms with Gasteiger partial charge in [0.1, 0.15) is 11.4 Å². The third-order valence-corrected chi connectivity index (χ3v) is 3.74. The van der Waals surface area contributed by atoms with Gasteiger partial charge in [0.15, 0.2) is 0 Å².